The first-order valence-electron chi connectivity index (χ1n) is 8.93. The van der Waals surface area contributed by atoms with Crippen molar-refractivity contribution in [2.75, 3.05) is 13.7 Å². The number of rotatable bonds is 5. The molecule has 2 aromatic carbocycles. The van der Waals surface area contributed by atoms with Gasteiger partial charge in [0.25, 0.3) is 0 Å². The van der Waals surface area contributed by atoms with Crippen molar-refractivity contribution >= 4 is 28.0 Å². The van der Waals surface area contributed by atoms with Crippen LogP contribution in [0.3, 0.4) is 0 Å². The maximum Gasteiger partial charge on any atom is 0.411 e. The molecule has 0 spiro atoms. The SMILES string of the molecule is C=C1CN(C(=O)OCc2ccccc2)[C@@](Cc2ccccc2Br)(C(=O)OC)C1. The summed E-state index contributed by atoms with van der Waals surface area (Å²) in [6, 6.07) is 17.0. The van der Waals surface area contributed by atoms with E-state index >= 15 is 0 Å². The summed E-state index contributed by atoms with van der Waals surface area (Å²) in [6.45, 7) is 4.40. The third-order valence-corrected chi connectivity index (χ3v) is 5.65. The number of benzene rings is 2. The van der Waals surface area contributed by atoms with Crippen LogP contribution in [0.4, 0.5) is 4.79 Å². The molecule has 2 aromatic rings. The van der Waals surface area contributed by atoms with E-state index in [9.17, 15) is 9.59 Å². The second kappa shape index (κ2) is 8.61. The lowest BCUT2D eigenvalue weighted by molar-refractivity contribution is -0.152. The molecule has 0 aromatic heterocycles. The van der Waals surface area contributed by atoms with Crippen LogP contribution in [0.15, 0.2) is 71.2 Å². The number of carbonyl (C=O) groups is 2. The van der Waals surface area contributed by atoms with Crippen LogP contribution < -0.4 is 0 Å². The highest BCUT2D eigenvalue weighted by Gasteiger charge is 2.53. The van der Waals surface area contributed by atoms with Crippen molar-refractivity contribution < 1.29 is 19.1 Å². The van der Waals surface area contributed by atoms with E-state index in [1.54, 1.807) is 0 Å². The van der Waals surface area contributed by atoms with E-state index in [0.29, 0.717) is 12.8 Å². The molecule has 0 radical (unpaired) electrons. The summed E-state index contributed by atoms with van der Waals surface area (Å²) < 4.78 is 11.5. The first kappa shape index (κ1) is 20.1. The smallest absolute Gasteiger partial charge is 0.411 e. The highest BCUT2D eigenvalue weighted by atomic mass is 79.9. The first-order chi connectivity index (χ1) is 13.5. The van der Waals surface area contributed by atoms with Gasteiger partial charge in [-0.25, -0.2) is 9.59 Å². The zero-order chi connectivity index (χ0) is 20.1. The number of hydrogen-bond acceptors (Lipinski definition) is 4. The van der Waals surface area contributed by atoms with Crippen molar-refractivity contribution in [1.29, 1.82) is 0 Å². The molecule has 6 heteroatoms. The maximum atomic E-state index is 12.9. The fourth-order valence-corrected chi connectivity index (χ4v) is 3.96. The molecule has 1 amide bonds. The van der Waals surface area contributed by atoms with Crippen LogP contribution in [0, 0.1) is 0 Å². The Bertz CT molecular complexity index is 883. The van der Waals surface area contributed by atoms with E-state index in [1.807, 2.05) is 54.6 Å². The van der Waals surface area contributed by atoms with Gasteiger partial charge in [0, 0.05) is 23.9 Å². The topological polar surface area (TPSA) is 55.8 Å². The number of methoxy groups -OCH3 is 1. The molecule has 1 heterocycles. The van der Waals surface area contributed by atoms with E-state index < -0.39 is 17.6 Å². The molecular formula is C22H22BrNO4. The summed E-state index contributed by atoms with van der Waals surface area (Å²) in [6.07, 6.45) is 0.0853. The van der Waals surface area contributed by atoms with Gasteiger partial charge < -0.3 is 9.47 Å². The molecule has 1 fully saturated rings. The van der Waals surface area contributed by atoms with Crippen LogP contribution in [0.1, 0.15) is 17.5 Å². The number of halogens is 1. The summed E-state index contributed by atoms with van der Waals surface area (Å²) >= 11 is 3.52. The monoisotopic (exact) mass is 443 g/mol. The Morgan fingerprint density at radius 3 is 2.50 bits per heavy atom. The number of amides is 1. The van der Waals surface area contributed by atoms with Crippen LogP contribution in [-0.2, 0) is 27.3 Å². The average Bonchev–Trinajstić information content (AvgIpc) is 3.05. The normalized spacial score (nSPS) is 18.8. The van der Waals surface area contributed by atoms with Crippen LogP contribution in [0.25, 0.3) is 0 Å². The number of nitrogens with zero attached hydrogens (tertiary/aromatic N) is 1. The van der Waals surface area contributed by atoms with Crippen LogP contribution in [-0.4, -0.2) is 36.2 Å². The molecule has 1 aliphatic rings. The van der Waals surface area contributed by atoms with Crippen molar-refractivity contribution in [1.82, 2.24) is 4.90 Å². The fourth-order valence-electron chi connectivity index (χ4n) is 3.54. The minimum Gasteiger partial charge on any atom is -0.467 e. The van der Waals surface area contributed by atoms with Gasteiger partial charge in [-0.2, -0.15) is 0 Å². The van der Waals surface area contributed by atoms with Crippen LogP contribution in [0.2, 0.25) is 0 Å². The first-order valence-corrected chi connectivity index (χ1v) is 9.72. The predicted octanol–water partition coefficient (Wildman–Crippen LogP) is 4.50. The third kappa shape index (κ3) is 4.12. The van der Waals surface area contributed by atoms with Crippen molar-refractivity contribution in [2.45, 2.75) is 25.0 Å². The third-order valence-electron chi connectivity index (χ3n) is 4.87. The van der Waals surface area contributed by atoms with Gasteiger partial charge in [0.15, 0.2) is 5.54 Å². The summed E-state index contributed by atoms with van der Waals surface area (Å²) in [5.74, 6) is -0.474. The molecule has 1 atom stereocenters. The second-order valence-electron chi connectivity index (χ2n) is 6.84. The minimum atomic E-state index is -1.18. The molecule has 28 heavy (non-hydrogen) atoms. The van der Waals surface area contributed by atoms with Gasteiger partial charge >= 0.3 is 12.1 Å². The Morgan fingerprint density at radius 1 is 1.14 bits per heavy atom. The highest BCUT2D eigenvalue weighted by molar-refractivity contribution is 9.10. The lowest BCUT2D eigenvalue weighted by Crippen LogP contribution is -2.55. The lowest BCUT2D eigenvalue weighted by Gasteiger charge is -2.35. The Morgan fingerprint density at radius 2 is 1.82 bits per heavy atom. The second-order valence-corrected chi connectivity index (χ2v) is 7.70. The predicted molar refractivity (Wildman–Crippen MR) is 110 cm³/mol. The van der Waals surface area contributed by atoms with Gasteiger partial charge in [-0.1, -0.05) is 76.6 Å². The van der Waals surface area contributed by atoms with Gasteiger partial charge in [-0.15, -0.1) is 0 Å². The van der Waals surface area contributed by atoms with Gasteiger partial charge in [-0.3, -0.25) is 4.90 Å². The number of carbonyl (C=O) groups excluding carboxylic acids is 2. The molecule has 5 nitrogen and oxygen atoms in total. The Balaban J connectivity index is 1.88. The standard InChI is InChI=1S/C22H22BrNO4/c1-16-12-22(20(25)27-2,13-18-10-6-7-11-19(18)23)24(14-16)21(26)28-15-17-8-4-3-5-9-17/h3-11H,1,12-15H2,2H3/t22-/m0/s1. The fraction of sp³-hybridized carbons (Fsp3) is 0.273. The van der Waals surface area contributed by atoms with E-state index in [4.69, 9.17) is 9.47 Å². The van der Waals surface area contributed by atoms with Gasteiger partial charge in [0.05, 0.1) is 7.11 Å². The van der Waals surface area contributed by atoms with Crippen molar-refractivity contribution in [2.24, 2.45) is 0 Å². The molecule has 0 aliphatic carbocycles. The summed E-state index contributed by atoms with van der Waals surface area (Å²) in [7, 11) is 1.33. The molecule has 1 aliphatic heterocycles. The molecular weight excluding hydrogens is 422 g/mol. The Kier molecular flexibility index (Phi) is 6.19. The molecule has 146 valence electrons. The van der Waals surface area contributed by atoms with E-state index in [-0.39, 0.29) is 13.2 Å². The van der Waals surface area contributed by atoms with Crippen LogP contribution >= 0.6 is 15.9 Å². The summed E-state index contributed by atoms with van der Waals surface area (Å²) in [4.78, 5) is 27.2. The molecule has 0 N–H and O–H groups in total. The molecule has 1 saturated heterocycles. The van der Waals surface area contributed by atoms with E-state index in [1.165, 1.54) is 12.0 Å². The minimum absolute atomic E-state index is 0.134. The average molecular weight is 444 g/mol. The van der Waals surface area contributed by atoms with E-state index in [2.05, 4.69) is 22.5 Å². The number of hydrogen-bond donors (Lipinski definition) is 0. The lowest BCUT2D eigenvalue weighted by atomic mass is 9.87. The number of esters is 1. The van der Waals surface area contributed by atoms with Gasteiger partial charge in [-0.05, 0) is 17.2 Å². The number of likely N-dealkylation sites (tertiary alicyclic amines) is 1. The summed E-state index contributed by atoms with van der Waals surface area (Å²) in [5, 5.41) is 0. The largest absolute Gasteiger partial charge is 0.467 e. The molecule has 0 unspecified atom stereocenters. The zero-order valence-electron chi connectivity index (χ0n) is 15.7. The van der Waals surface area contributed by atoms with Crippen molar-refractivity contribution in [3.05, 3.63) is 82.3 Å². The highest BCUT2D eigenvalue weighted by Crippen LogP contribution is 2.38. The quantitative estimate of drug-likeness (QED) is 0.504. The molecule has 0 bridgehead atoms. The van der Waals surface area contributed by atoms with Gasteiger partial charge in [0.1, 0.15) is 6.61 Å². The number of ether oxygens (including phenoxy) is 2. The summed E-state index contributed by atoms with van der Waals surface area (Å²) in [5.41, 5.74) is 1.39. The Hall–Kier alpha value is -2.60. The Labute approximate surface area is 173 Å². The zero-order valence-corrected chi connectivity index (χ0v) is 17.3. The molecule has 3 rings (SSSR count). The van der Waals surface area contributed by atoms with Crippen molar-refractivity contribution in [3.8, 4) is 0 Å². The van der Waals surface area contributed by atoms with Crippen LogP contribution in [0.5, 0.6) is 0 Å². The van der Waals surface area contributed by atoms with Gasteiger partial charge in [0.2, 0.25) is 0 Å². The maximum absolute atomic E-state index is 12.9. The molecule has 0 saturated carbocycles. The van der Waals surface area contributed by atoms with E-state index in [0.717, 1.165) is 21.2 Å². The van der Waals surface area contributed by atoms with Crippen molar-refractivity contribution in [3.63, 3.8) is 0 Å².